The molecule has 1 amide bonds. The number of likely N-dealkylation sites (tertiary alicyclic amines) is 1. The van der Waals surface area contributed by atoms with E-state index in [-0.39, 0.29) is 11.8 Å². The summed E-state index contributed by atoms with van der Waals surface area (Å²) in [5.74, 6) is 0.334. The number of hydrogen-bond donors (Lipinski definition) is 1. The number of rotatable bonds is 5. The third kappa shape index (κ3) is 3.85. The number of nitrogens with zero attached hydrogens (tertiary/aromatic N) is 2. The molecule has 1 aromatic heterocycles. The first-order valence-corrected chi connectivity index (χ1v) is 8.70. The Morgan fingerprint density at radius 2 is 1.96 bits per heavy atom. The highest BCUT2D eigenvalue weighted by molar-refractivity contribution is 5.95. The minimum atomic E-state index is -0.0860. The highest BCUT2D eigenvalue weighted by Crippen LogP contribution is 2.31. The fraction of sp³-hybridized carbons (Fsp3) is 0.474. The lowest BCUT2D eigenvalue weighted by atomic mass is 10.1. The van der Waals surface area contributed by atoms with E-state index in [0.717, 1.165) is 36.5 Å². The molecule has 1 saturated heterocycles. The number of aryl methyl sites for hydroxylation is 1. The zero-order valence-electron chi connectivity index (χ0n) is 14.4. The van der Waals surface area contributed by atoms with Gasteiger partial charge in [-0.1, -0.05) is 48.8 Å². The maximum absolute atomic E-state index is 12.6. The number of hydrogen-bond acceptors (Lipinski definition) is 4. The molecule has 0 saturated carbocycles. The number of piperidine rings is 1. The minimum absolute atomic E-state index is 0.0195. The number of amides is 1. The van der Waals surface area contributed by atoms with Crippen molar-refractivity contribution in [2.45, 2.75) is 33.1 Å². The van der Waals surface area contributed by atoms with E-state index in [4.69, 9.17) is 4.52 Å². The molecule has 2 heterocycles. The van der Waals surface area contributed by atoms with Crippen molar-refractivity contribution >= 4 is 11.8 Å². The van der Waals surface area contributed by atoms with Gasteiger partial charge in [0, 0.05) is 12.5 Å². The van der Waals surface area contributed by atoms with Crippen LogP contribution >= 0.6 is 0 Å². The number of benzene rings is 1. The van der Waals surface area contributed by atoms with Crippen molar-refractivity contribution in [1.29, 1.82) is 0 Å². The predicted octanol–water partition coefficient (Wildman–Crippen LogP) is 3.71. The first kappa shape index (κ1) is 16.7. The Kier molecular flexibility index (Phi) is 5.30. The molecule has 24 heavy (non-hydrogen) atoms. The standard InChI is InChI=1S/C19H25N3O2/c1-14(13-22-11-7-4-8-12-22)18(23)20-19-17(15(2)21-24-19)16-9-5-3-6-10-16/h3,5-6,9-10,14H,4,7-8,11-13H2,1-2H3,(H,20,23). The summed E-state index contributed by atoms with van der Waals surface area (Å²) >= 11 is 0. The van der Waals surface area contributed by atoms with Gasteiger partial charge in [0.1, 0.15) is 0 Å². The first-order valence-electron chi connectivity index (χ1n) is 8.70. The zero-order chi connectivity index (χ0) is 16.9. The molecular formula is C19H25N3O2. The van der Waals surface area contributed by atoms with E-state index < -0.39 is 0 Å². The number of nitrogens with one attached hydrogen (secondary N) is 1. The monoisotopic (exact) mass is 327 g/mol. The quantitative estimate of drug-likeness (QED) is 0.909. The van der Waals surface area contributed by atoms with Crippen molar-refractivity contribution in [1.82, 2.24) is 10.1 Å². The molecule has 0 aliphatic carbocycles. The molecule has 1 atom stereocenters. The van der Waals surface area contributed by atoms with Crippen LogP contribution in [-0.2, 0) is 4.79 Å². The van der Waals surface area contributed by atoms with E-state index >= 15 is 0 Å². The summed E-state index contributed by atoms with van der Waals surface area (Å²) in [5, 5.41) is 6.95. The van der Waals surface area contributed by atoms with Gasteiger partial charge in [-0.05, 0) is 38.4 Å². The van der Waals surface area contributed by atoms with E-state index in [1.807, 2.05) is 44.2 Å². The third-order valence-electron chi connectivity index (χ3n) is 4.59. The molecule has 5 nitrogen and oxygen atoms in total. The van der Waals surface area contributed by atoms with Gasteiger partial charge in [-0.25, -0.2) is 0 Å². The molecule has 1 aromatic carbocycles. The Morgan fingerprint density at radius 1 is 1.25 bits per heavy atom. The van der Waals surface area contributed by atoms with Gasteiger partial charge in [0.2, 0.25) is 11.8 Å². The molecule has 1 N–H and O–H groups in total. The van der Waals surface area contributed by atoms with Crippen LogP contribution in [0.2, 0.25) is 0 Å². The Bertz CT molecular complexity index is 675. The summed E-state index contributed by atoms with van der Waals surface area (Å²) in [5.41, 5.74) is 2.63. The molecule has 0 radical (unpaired) electrons. The molecule has 1 aliphatic heterocycles. The van der Waals surface area contributed by atoms with Crippen LogP contribution in [0.15, 0.2) is 34.9 Å². The van der Waals surface area contributed by atoms with E-state index in [1.165, 1.54) is 19.3 Å². The molecule has 128 valence electrons. The summed E-state index contributed by atoms with van der Waals surface area (Å²) in [6.07, 6.45) is 3.76. The van der Waals surface area contributed by atoms with Crippen molar-refractivity contribution in [2.24, 2.45) is 5.92 Å². The van der Waals surface area contributed by atoms with Gasteiger partial charge < -0.3 is 9.42 Å². The Hall–Kier alpha value is -2.14. The van der Waals surface area contributed by atoms with Crippen LogP contribution in [0.25, 0.3) is 11.1 Å². The second-order valence-electron chi connectivity index (χ2n) is 6.59. The van der Waals surface area contributed by atoms with Crippen LogP contribution in [-0.4, -0.2) is 35.6 Å². The molecule has 1 fully saturated rings. The van der Waals surface area contributed by atoms with Crippen molar-refractivity contribution in [3.8, 4) is 11.1 Å². The second kappa shape index (κ2) is 7.62. The van der Waals surface area contributed by atoms with Crippen LogP contribution in [0.5, 0.6) is 0 Å². The van der Waals surface area contributed by atoms with Crippen LogP contribution in [0.1, 0.15) is 31.9 Å². The number of carbonyl (C=O) groups is 1. The summed E-state index contributed by atoms with van der Waals surface area (Å²) in [6.45, 7) is 6.83. The maximum Gasteiger partial charge on any atom is 0.239 e. The van der Waals surface area contributed by atoms with E-state index in [1.54, 1.807) is 0 Å². The van der Waals surface area contributed by atoms with Gasteiger partial charge in [0.05, 0.1) is 11.3 Å². The zero-order valence-corrected chi connectivity index (χ0v) is 14.4. The Balaban J connectivity index is 1.68. The summed E-state index contributed by atoms with van der Waals surface area (Å²) in [6, 6.07) is 9.88. The van der Waals surface area contributed by atoms with Crippen LogP contribution in [0, 0.1) is 12.8 Å². The summed E-state index contributed by atoms with van der Waals surface area (Å²) in [4.78, 5) is 14.9. The van der Waals surface area contributed by atoms with E-state index in [0.29, 0.717) is 5.88 Å². The molecule has 5 heteroatoms. The van der Waals surface area contributed by atoms with Gasteiger partial charge in [-0.15, -0.1) is 0 Å². The average Bonchev–Trinajstić information content (AvgIpc) is 2.97. The summed E-state index contributed by atoms with van der Waals surface area (Å²) in [7, 11) is 0. The lowest BCUT2D eigenvalue weighted by Gasteiger charge is -2.28. The topological polar surface area (TPSA) is 58.4 Å². The fourth-order valence-corrected chi connectivity index (χ4v) is 3.25. The minimum Gasteiger partial charge on any atom is -0.337 e. The smallest absolute Gasteiger partial charge is 0.239 e. The molecule has 0 spiro atoms. The second-order valence-corrected chi connectivity index (χ2v) is 6.59. The predicted molar refractivity (Wildman–Crippen MR) is 94.8 cm³/mol. The third-order valence-corrected chi connectivity index (χ3v) is 4.59. The van der Waals surface area contributed by atoms with Gasteiger partial charge in [0.25, 0.3) is 0 Å². The van der Waals surface area contributed by atoms with Gasteiger partial charge in [-0.2, -0.15) is 0 Å². The van der Waals surface area contributed by atoms with Gasteiger partial charge >= 0.3 is 0 Å². The SMILES string of the molecule is Cc1noc(NC(=O)C(C)CN2CCCCC2)c1-c1ccccc1. The molecule has 1 unspecified atom stereocenters. The lowest BCUT2D eigenvalue weighted by molar-refractivity contribution is -0.120. The summed E-state index contributed by atoms with van der Waals surface area (Å²) < 4.78 is 5.37. The Labute approximate surface area is 143 Å². The van der Waals surface area contributed by atoms with Crippen molar-refractivity contribution < 1.29 is 9.32 Å². The molecular weight excluding hydrogens is 302 g/mol. The molecule has 2 aromatic rings. The molecule has 3 rings (SSSR count). The van der Waals surface area contributed by atoms with E-state index in [2.05, 4.69) is 15.4 Å². The molecule has 1 aliphatic rings. The van der Waals surface area contributed by atoms with Crippen molar-refractivity contribution in [3.63, 3.8) is 0 Å². The van der Waals surface area contributed by atoms with Gasteiger partial charge in [-0.3, -0.25) is 10.1 Å². The number of anilines is 1. The van der Waals surface area contributed by atoms with Crippen LogP contribution in [0.4, 0.5) is 5.88 Å². The van der Waals surface area contributed by atoms with Crippen LogP contribution < -0.4 is 5.32 Å². The number of carbonyl (C=O) groups excluding carboxylic acids is 1. The highest BCUT2D eigenvalue weighted by Gasteiger charge is 2.22. The Morgan fingerprint density at radius 3 is 2.67 bits per heavy atom. The van der Waals surface area contributed by atoms with Crippen molar-refractivity contribution in [3.05, 3.63) is 36.0 Å². The average molecular weight is 327 g/mol. The lowest BCUT2D eigenvalue weighted by Crippen LogP contribution is -2.37. The normalized spacial score (nSPS) is 16.8. The van der Waals surface area contributed by atoms with Crippen molar-refractivity contribution in [2.75, 3.05) is 25.0 Å². The fourth-order valence-electron chi connectivity index (χ4n) is 3.25. The largest absolute Gasteiger partial charge is 0.337 e. The molecule has 0 bridgehead atoms. The maximum atomic E-state index is 12.6. The first-order chi connectivity index (χ1) is 11.6. The highest BCUT2D eigenvalue weighted by atomic mass is 16.5. The number of aromatic nitrogens is 1. The van der Waals surface area contributed by atoms with Crippen LogP contribution in [0.3, 0.4) is 0 Å². The van der Waals surface area contributed by atoms with E-state index in [9.17, 15) is 4.79 Å². The van der Waals surface area contributed by atoms with Gasteiger partial charge in [0.15, 0.2) is 0 Å².